The van der Waals surface area contributed by atoms with Crippen LogP contribution in [0.15, 0.2) is 59.5 Å². The van der Waals surface area contributed by atoms with Gasteiger partial charge in [-0.15, -0.1) is 0 Å². The first kappa shape index (κ1) is 28.6. The normalized spacial score (nSPS) is 15.7. The minimum absolute atomic E-state index is 0.0177. The molecule has 1 atom stereocenters. The lowest BCUT2D eigenvalue weighted by atomic mass is 10.0. The summed E-state index contributed by atoms with van der Waals surface area (Å²) in [5.74, 6) is -0.556. The molecular formula is C27H33N5O6S. The molecule has 0 bridgehead atoms. The van der Waals surface area contributed by atoms with Crippen LogP contribution in [0.3, 0.4) is 0 Å². The number of sulfonamides is 1. The molecule has 0 unspecified atom stereocenters. The van der Waals surface area contributed by atoms with E-state index in [2.05, 4.69) is 21.5 Å². The smallest absolute Gasteiger partial charge is 0.262 e. The van der Waals surface area contributed by atoms with Gasteiger partial charge in [0.2, 0.25) is 15.8 Å². The van der Waals surface area contributed by atoms with E-state index in [-0.39, 0.29) is 23.8 Å². The number of ether oxygens (including phenoxy) is 1. The molecule has 12 heteroatoms. The molecular weight excluding hydrogens is 522 g/mol. The number of hydrogen-bond donors (Lipinski definition) is 3. The summed E-state index contributed by atoms with van der Waals surface area (Å²) in [6.45, 7) is 7.00. The molecule has 0 saturated carbocycles. The fourth-order valence-corrected chi connectivity index (χ4v) is 5.64. The highest BCUT2D eigenvalue weighted by Gasteiger charge is 2.30. The zero-order valence-corrected chi connectivity index (χ0v) is 22.8. The van der Waals surface area contributed by atoms with Gasteiger partial charge in [0.1, 0.15) is 11.8 Å². The SMILES string of the molecule is CCN1CCN([C@@H](CNS(=O)(=O)c2ccc(OCC(=O)c3cc(C)nc4ccccc34)cc2)C(=O)NO)CC1. The number of ketones is 1. The zero-order valence-electron chi connectivity index (χ0n) is 22.0. The van der Waals surface area contributed by atoms with Gasteiger partial charge in [-0.3, -0.25) is 24.7 Å². The number of Topliss-reactive ketones (excluding diaryl/α,β-unsaturated/α-hetero) is 1. The van der Waals surface area contributed by atoms with Crippen molar-refractivity contribution in [2.24, 2.45) is 0 Å². The van der Waals surface area contributed by atoms with Crippen LogP contribution in [0.2, 0.25) is 0 Å². The molecule has 1 saturated heterocycles. The van der Waals surface area contributed by atoms with Crippen LogP contribution in [-0.2, 0) is 14.8 Å². The van der Waals surface area contributed by atoms with Crippen molar-refractivity contribution in [2.75, 3.05) is 45.9 Å². The molecule has 208 valence electrons. The van der Waals surface area contributed by atoms with Crippen molar-refractivity contribution in [3.63, 3.8) is 0 Å². The maximum absolute atomic E-state index is 12.9. The Bertz CT molecular complexity index is 1420. The lowest BCUT2D eigenvalue weighted by Crippen LogP contribution is -2.57. The monoisotopic (exact) mass is 555 g/mol. The third kappa shape index (κ3) is 6.97. The van der Waals surface area contributed by atoms with Crippen LogP contribution in [0.25, 0.3) is 10.9 Å². The van der Waals surface area contributed by atoms with Crippen LogP contribution < -0.4 is 14.9 Å². The van der Waals surface area contributed by atoms with Gasteiger partial charge in [0.25, 0.3) is 5.91 Å². The molecule has 11 nitrogen and oxygen atoms in total. The summed E-state index contributed by atoms with van der Waals surface area (Å²) in [7, 11) is -3.95. The number of amides is 1. The number of aromatic nitrogens is 1. The Morgan fingerprint density at radius 1 is 1.08 bits per heavy atom. The molecule has 3 aromatic rings. The molecule has 0 aliphatic carbocycles. The average molecular weight is 556 g/mol. The second-order valence-electron chi connectivity index (χ2n) is 9.33. The van der Waals surface area contributed by atoms with E-state index in [1.807, 2.05) is 36.1 Å². The predicted molar refractivity (Wildman–Crippen MR) is 145 cm³/mol. The fraction of sp³-hybridized carbons (Fsp3) is 0.370. The number of carbonyl (C=O) groups is 2. The van der Waals surface area contributed by atoms with Crippen molar-refractivity contribution in [3.05, 3.63) is 65.9 Å². The third-order valence-electron chi connectivity index (χ3n) is 6.82. The Kier molecular flexibility index (Phi) is 9.25. The summed E-state index contributed by atoms with van der Waals surface area (Å²) in [5.41, 5.74) is 3.61. The van der Waals surface area contributed by atoms with E-state index >= 15 is 0 Å². The molecule has 1 aromatic heterocycles. The summed E-state index contributed by atoms with van der Waals surface area (Å²) < 4.78 is 33.9. The molecule has 1 aliphatic rings. The number of hydroxylamine groups is 1. The van der Waals surface area contributed by atoms with Crippen molar-refractivity contribution >= 4 is 32.6 Å². The fourth-order valence-electron chi connectivity index (χ4n) is 4.61. The largest absolute Gasteiger partial charge is 0.485 e. The Labute approximate surface area is 227 Å². The average Bonchev–Trinajstić information content (AvgIpc) is 2.95. The number of fused-ring (bicyclic) bond motifs is 1. The quantitative estimate of drug-likeness (QED) is 0.183. The molecule has 39 heavy (non-hydrogen) atoms. The standard InChI is InChI=1S/C27H33N5O6S/c1-3-31-12-14-32(15-13-31)25(27(34)30-35)17-28-39(36,37)21-10-8-20(9-11-21)38-18-26(33)23-16-19(2)29-24-7-5-4-6-22(23)24/h4-11,16,25,28,35H,3,12-15,17-18H2,1-2H3,(H,30,34)/t25-/m0/s1. The van der Waals surface area contributed by atoms with Gasteiger partial charge in [-0.25, -0.2) is 18.6 Å². The summed E-state index contributed by atoms with van der Waals surface area (Å²) in [5, 5.41) is 9.92. The van der Waals surface area contributed by atoms with Crippen LogP contribution in [0.5, 0.6) is 5.75 Å². The third-order valence-corrected chi connectivity index (χ3v) is 8.26. The Morgan fingerprint density at radius 2 is 1.77 bits per heavy atom. The first-order chi connectivity index (χ1) is 18.7. The van der Waals surface area contributed by atoms with E-state index in [4.69, 9.17) is 4.74 Å². The van der Waals surface area contributed by atoms with Gasteiger partial charge >= 0.3 is 0 Å². The van der Waals surface area contributed by atoms with Gasteiger partial charge in [-0.05, 0) is 49.9 Å². The molecule has 3 N–H and O–H groups in total. The van der Waals surface area contributed by atoms with Gasteiger partial charge < -0.3 is 9.64 Å². The number of carbonyl (C=O) groups excluding carboxylic acids is 2. The molecule has 4 rings (SSSR count). The van der Waals surface area contributed by atoms with Gasteiger partial charge in [0.15, 0.2) is 6.61 Å². The Balaban J connectivity index is 1.37. The number of nitrogens with zero attached hydrogens (tertiary/aromatic N) is 3. The van der Waals surface area contributed by atoms with Gasteiger partial charge in [0, 0.05) is 49.4 Å². The molecule has 0 spiro atoms. The second kappa shape index (κ2) is 12.6. The van der Waals surface area contributed by atoms with Gasteiger partial charge in [-0.2, -0.15) is 0 Å². The number of pyridine rings is 1. The number of piperazine rings is 1. The number of hydrogen-bond acceptors (Lipinski definition) is 9. The van der Waals surface area contributed by atoms with E-state index in [0.717, 1.165) is 36.2 Å². The van der Waals surface area contributed by atoms with E-state index in [9.17, 15) is 23.2 Å². The van der Waals surface area contributed by atoms with Crippen LogP contribution in [0.4, 0.5) is 0 Å². The van der Waals surface area contributed by atoms with Crippen molar-refractivity contribution in [1.29, 1.82) is 0 Å². The molecule has 1 aliphatic heterocycles. The highest BCUT2D eigenvalue weighted by atomic mass is 32.2. The first-order valence-electron chi connectivity index (χ1n) is 12.7. The minimum Gasteiger partial charge on any atom is -0.485 e. The highest BCUT2D eigenvalue weighted by molar-refractivity contribution is 7.89. The van der Waals surface area contributed by atoms with Gasteiger partial charge in [-0.1, -0.05) is 25.1 Å². The second-order valence-corrected chi connectivity index (χ2v) is 11.1. The van der Waals surface area contributed by atoms with Crippen molar-refractivity contribution in [1.82, 2.24) is 25.0 Å². The predicted octanol–water partition coefficient (Wildman–Crippen LogP) is 1.59. The van der Waals surface area contributed by atoms with Crippen LogP contribution in [0.1, 0.15) is 23.0 Å². The first-order valence-corrected chi connectivity index (χ1v) is 14.2. The maximum Gasteiger partial charge on any atom is 0.262 e. The summed E-state index contributed by atoms with van der Waals surface area (Å²) in [4.78, 5) is 33.7. The van der Waals surface area contributed by atoms with Crippen molar-refractivity contribution in [3.8, 4) is 5.75 Å². The number of aryl methyl sites for hydroxylation is 1. The van der Waals surface area contributed by atoms with Crippen molar-refractivity contribution in [2.45, 2.75) is 24.8 Å². The molecule has 1 fully saturated rings. The van der Waals surface area contributed by atoms with Crippen LogP contribution in [0, 0.1) is 6.92 Å². The lowest BCUT2D eigenvalue weighted by Gasteiger charge is -2.37. The van der Waals surface area contributed by atoms with Gasteiger partial charge in [0.05, 0.1) is 10.4 Å². The highest BCUT2D eigenvalue weighted by Crippen LogP contribution is 2.20. The van der Waals surface area contributed by atoms with Crippen LogP contribution >= 0.6 is 0 Å². The summed E-state index contributed by atoms with van der Waals surface area (Å²) in [6.07, 6.45) is 0. The number of para-hydroxylation sites is 1. The van der Waals surface area contributed by atoms with E-state index in [0.29, 0.717) is 24.4 Å². The Hall–Kier alpha value is -3.42. The van der Waals surface area contributed by atoms with E-state index < -0.39 is 22.0 Å². The molecule has 0 radical (unpaired) electrons. The lowest BCUT2D eigenvalue weighted by molar-refractivity contribution is -0.135. The van der Waals surface area contributed by atoms with Crippen LogP contribution in [-0.4, -0.2) is 92.0 Å². The maximum atomic E-state index is 12.9. The zero-order chi connectivity index (χ0) is 28.0. The number of nitrogens with one attached hydrogen (secondary N) is 2. The Morgan fingerprint density at radius 3 is 2.44 bits per heavy atom. The number of rotatable bonds is 11. The van der Waals surface area contributed by atoms with E-state index in [1.54, 1.807) is 11.5 Å². The minimum atomic E-state index is -3.95. The van der Waals surface area contributed by atoms with Crippen molar-refractivity contribution < 1.29 is 28.0 Å². The topological polar surface area (TPSA) is 141 Å². The number of benzene rings is 2. The molecule has 2 aromatic carbocycles. The van der Waals surface area contributed by atoms with E-state index in [1.165, 1.54) is 24.3 Å². The summed E-state index contributed by atoms with van der Waals surface area (Å²) in [6, 6.07) is 13.9. The number of likely N-dealkylation sites (N-methyl/N-ethyl adjacent to an activating group) is 1. The molecule has 2 heterocycles. The molecule has 1 amide bonds. The summed E-state index contributed by atoms with van der Waals surface area (Å²) >= 11 is 0.